The van der Waals surface area contributed by atoms with Crippen molar-refractivity contribution in [1.82, 2.24) is 10.3 Å². The van der Waals surface area contributed by atoms with Crippen LogP contribution in [0.5, 0.6) is 11.5 Å². The van der Waals surface area contributed by atoms with Crippen molar-refractivity contribution in [3.8, 4) is 11.5 Å². The Morgan fingerprint density at radius 3 is 2.74 bits per heavy atom. The molecule has 0 saturated carbocycles. The van der Waals surface area contributed by atoms with Crippen molar-refractivity contribution in [2.24, 2.45) is 0 Å². The molecule has 23 heavy (non-hydrogen) atoms. The van der Waals surface area contributed by atoms with Gasteiger partial charge in [-0.05, 0) is 24.6 Å². The number of aryl methyl sites for hydroxylation is 1. The lowest BCUT2D eigenvalue weighted by Crippen LogP contribution is -2.36. The Bertz CT molecular complexity index is 724. The zero-order valence-corrected chi connectivity index (χ0v) is 14.3. The van der Waals surface area contributed by atoms with Crippen molar-refractivity contribution in [3.05, 3.63) is 39.8 Å². The summed E-state index contributed by atoms with van der Waals surface area (Å²) in [7, 11) is 0. The third kappa shape index (κ3) is 3.32. The molecule has 1 aliphatic rings. The molecule has 0 radical (unpaired) electrons. The van der Waals surface area contributed by atoms with Gasteiger partial charge in [0.05, 0.1) is 11.2 Å². The van der Waals surface area contributed by atoms with Gasteiger partial charge in [0.15, 0.2) is 11.5 Å². The van der Waals surface area contributed by atoms with Gasteiger partial charge >= 0.3 is 0 Å². The molecule has 0 bridgehead atoms. The Hall–Kier alpha value is -2.08. The molecular weight excluding hydrogens is 312 g/mol. The first-order valence-electron chi connectivity index (χ1n) is 7.56. The Morgan fingerprint density at radius 2 is 2.04 bits per heavy atom. The summed E-state index contributed by atoms with van der Waals surface area (Å²) in [6.07, 6.45) is 0. The number of nitrogens with one attached hydrogen (secondary N) is 1. The molecule has 6 heteroatoms. The van der Waals surface area contributed by atoms with Crippen LogP contribution in [0.3, 0.4) is 0 Å². The first-order valence-corrected chi connectivity index (χ1v) is 8.44. The van der Waals surface area contributed by atoms with E-state index in [4.69, 9.17) is 9.47 Å². The second-order valence-corrected chi connectivity index (χ2v) is 7.05. The van der Waals surface area contributed by atoms with E-state index in [0.717, 1.165) is 22.8 Å². The number of carbonyl (C=O) groups excluding carboxylic acids is 1. The van der Waals surface area contributed by atoms with Gasteiger partial charge in [-0.3, -0.25) is 4.79 Å². The summed E-state index contributed by atoms with van der Waals surface area (Å²) in [6.45, 7) is 7.72. The van der Waals surface area contributed by atoms with Crippen molar-refractivity contribution >= 4 is 17.2 Å². The van der Waals surface area contributed by atoms with Gasteiger partial charge in [-0.1, -0.05) is 19.9 Å². The van der Waals surface area contributed by atoms with Crippen LogP contribution in [0.2, 0.25) is 0 Å². The van der Waals surface area contributed by atoms with Crippen molar-refractivity contribution in [2.75, 3.05) is 19.8 Å². The minimum atomic E-state index is -0.218. The second kappa shape index (κ2) is 6.20. The van der Waals surface area contributed by atoms with Crippen LogP contribution in [0, 0.1) is 6.92 Å². The third-order valence-electron chi connectivity index (χ3n) is 3.97. The number of benzene rings is 1. The van der Waals surface area contributed by atoms with E-state index >= 15 is 0 Å². The SMILES string of the molecule is Cc1ncsc1C(=O)NCC(C)(C)c1ccc2c(c1)OCCO2. The summed E-state index contributed by atoms with van der Waals surface area (Å²) in [5.74, 6) is 1.47. The summed E-state index contributed by atoms with van der Waals surface area (Å²) in [4.78, 5) is 17.0. The number of fused-ring (bicyclic) bond motifs is 1. The van der Waals surface area contributed by atoms with E-state index in [9.17, 15) is 4.79 Å². The first kappa shape index (κ1) is 15.8. The zero-order valence-electron chi connectivity index (χ0n) is 13.5. The molecule has 0 saturated heterocycles. The van der Waals surface area contributed by atoms with Crippen LogP contribution in [0.1, 0.15) is 34.8 Å². The van der Waals surface area contributed by atoms with E-state index in [1.54, 1.807) is 5.51 Å². The number of thiazole rings is 1. The fourth-order valence-electron chi connectivity index (χ4n) is 2.47. The van der Waals surface area contributed by atoms with E-state index < -0.39 is 0 Å². The van der Waals surface area contributed by atoms with E-state index in [1.165, 1.54) is 11.3 Å². The van der Waals surface area contributed by atoms with Gasteiger partial charge in [0.2, 0.25) is 0 Å². The smallest absolute Gasteiger partial charge is 0.263 e. The Morgan fingerprint density at radius 1 is 1.30 bits per heavy atom. The lowest BCUT2D eigenvalue weighted by atomic mass is 9.84. The normalized spacial score (nSPS) is 13.7. The van der Waals surface area contributed by atoms with Crippen molar-refractivity contribution in [3.63, 3.8) is 0 Å². The second-order valence-electron chi connectivity index (χ2n) is 6.19. The van der Waals surface area contributed by atoms with Crippen molar-refractivity contribution in [1.29, 1.82) is 0 Å². The Labute approximate surface area is 139 Å². The lowest BCUT2D eigenvalue weighted by Gasteiger charge is -2.27. The molecule has 1 amide bonds. The molecule has 2 aromatic rings. The van der Waals surface area contributed by atoms with Gasteiger partial charge in [-0.25, -0.2) is 4.98 Å². The highest BCUT2D eigenvalue weighted by molar-refractivity contribution is 7.11. The van der Waals surface area contributed by atoms with Crippen LogP contribution in [0.4, 0.5) is 0 Å². The van der Waals surface area contributed by atoms with Crippen LogP contribution < -0.4 is 14.8 Å². The van der Waals surface area contributed by atoms with E-state index in [2.05, 4.69) is 24.1 Å². The quantitative estimate of drug-likeness (QED) is 0.935. The van der Waals surface area contributed by atoms with Crippen LogP contribution in [-0.4, -0.2) is 30.6 Å². The topological polar surface area (TPSA) is 60.5 Å². The number of rotatable bonds is 4. The highest BCUT2D eigenvalue weighted by Gasteiger charge is 2.25. The summed E-state index contributed by atoms with van der Waals surface area (Å²) in [5.41, 5.74) is 3.34. The summed E-state index contributed by atoms with van der Waals surface area (Å²) in [6, 6.07) is 5.96. The molecule has 0 unspecified atom stereocenters. The van der Waals surface area contributed by atoms with Crippen LogP contribution in [0.15, 0.2) is 23.7 Å². The van der Waals surface area contributed by atoms with Gasteiger partial charge in [0, 0.05) is 12.0 Å². The Balaban J connectivity index is 1.71. The standard InChI is InChI=1S/C17H20N2O3S/c1-11-15(23-10-19-11)16(20)18-9-17(2,3)12-4-5-13-14(8-12)22-7-6-21-13/h4-5,8,10H,6-7,9H2,1-3H3,(H,18,20). The van der Waals surface area contributed by atoms with E-state index in [1.807, 2.05) is 25.1 Å². The van der Waals surface area contributed by atoms with Gasteiger partial charge < -0.3 is 14.8 Å². The average molecular weight is 332 g/mol. The van der Waals surface area contributed by atoms with E-state index in [0.29, 0.717) is 24.6 Å². The minimum Gasteiger partial charge on any atom is -0.486 e. The van der Waals surface area contributed by atoms with Gasteiger partial charge in [-0.15, -0.1) is 11.3 Å². The molecule has 1 aromatic carbocycles. The average Bonchev–Trinajstić information content (AvgIpc) is 2.98. The molecule has 2 heterocycles. The maximum absolute atomic E-state index is 12.3. The third-order valence-corrected chi connectivity index (χ3v) is 4.89. The summed E-state index contributed by atoms with van der Waals surface area (Å²) in [5, 5.41) is 3.00. The van der Waals surface area contributed by atoms with Crippen LogP contribution in [0.25, 0.3) is 0 Å². The first-order chi connectivity index (χ1) is 11.0. The Kier molecular flexibility index (Phi) is 4.26. The van der Waals surface area contributed by atoms with Crippen molar-refractivity contribution < 1.29 is 14.3 Å². The molecule has 0 fully saturated rings. The van der Waals surface area contributed by atoms with E-state index in [-0.39, 0.29) is 11.3 Å². The summed E-state index contributed by atoms with van der Waals surface area (Å²) < 4.78 is 11.2. The number of nitrogens with zero attached hydrogens (tertiary/aromatic N) is 1. The number of ether oxygens (including phenoxy) is 2. The lowest BCUT2D eigenvalue weighted by molar-refractivity contribution is 0.0949. The molecule has 122 valence electrons. The molecule has 5 nitrogen and oxygen atoms in total. The van der Waals surface area contributed by atoms with Gasteiger partial charge in [0.1, 0.15) is 18.1 Å². The fourth-order valence-corrected chi connectivity index (χ4v) is 3.19. The van der Waals surface area contributed by atoms with Crippen LogP contribution in [-0.2, 0) is 5.41 Å². The largest absolute Gasteiger partial charge is 0.486 e. The molecular formula is C17H20N2O3S. The molecule has 1 aliphatic heterocycles. The fraction of sp³-hybridized carbons (Fsp3) is 0.412. The van der Waals surface area contributed by atoms with Gasteiger partial charge in [0.25, 0.3) is 5.91 Å². The molecule has 0 spiro atoms. The number of hydrogen-bond donors (Lipinski definition) is 1. The predicted octanol–water partition coefficient (Wildman–Crippen LogP) is 2.93. The molecule has 0 aliphatic carbocycles. The maximum Gasteiger partial charge on any atom is 0.263 e. The van der Waals surface area contributed by atoms with Crippen LogP contribution >= 0.6 is 11.3 Å². The highest BCUT2D eigenvalue weighted by atomic mass is 32.1. The maximum atomic E-state index is 12.3. The molecule has 3 rings (SSSR count). The number of carbonyl (C=O) groups is 1. The molecule has 0 atom stereocenters. The highest BCUT2D eigenvalue weighted by Crippen LogP contribution is 2.35. The monoisotopic (exact) mass is 332 g/mol. The minimum absolute atomic E-state index is 0.0735. The summed E-state index contributed by atoms with van der Waals surface area (Å²) >= 11 is 1.36. The predicted molar refractivity (Wildman–Crippen MR) is 89.6 cm³/mol. The van der Waals surface area contributed by atoms with Gasteiger partial charge in [-0.2, -0.15) is 0 Å². The zero-order chi connectivity index (χ0) is 16.4. The molecule has 1 aromatic heterocycles. The number of aromatic nitrogens is 1. The number of amides is 1. The number of hydrogen-bond acceptors (Lipinski definition) is 5. The molecule has 1 N–H and O–H groups in total. The van der Waals surface area contributed by atoms with Crippen molar-refractivity contribution in [2.45, 2.75) is 26.2 Å².